The van der Waals surface area contributed by atoms with E-state index in [2.05, 4.69) is 15.7 Å². The van der Waals surface area contributed by atoms with Crippen LogP contribution in [0.3, 0.4) is 0 Å². The molecule has 29 heavy (non-hydrogen) atoms. The average molecular weight is 395 g/mol. The highest BCUT2D eigenvalue weighted by Gasteiger charge is 2.14. The normalized spacial score (nSPS) is 10.9. The van der Waals surface area contributed by atoms with E-state index >= 15 is 0 Å². The smallest absolute Gasteiger partial charge is 0.257 e. The van der Waals surface area contributed by atoms with E-state index in [0.717, 1.165) is 17.3 Å². The van der Waals surface area contributed by atoms with Crippen molar-refractivity contribution in [2.45, 2.75) is 6.54 Å². The molecule has 0 saturated heterocycles. The van der Waals surface area contributed by atoms with E-state index in [0.29, 0.717) is 23.7 Å². The number of carbonyl (C=O) groups is 2. The van der Waals surface area contributed by atoms with Gasteiger partial charge in [-0.2, -0.15) is 5.10 Å². The predicted molar refractivity (Wildman–Crippen MR) is 112 cm³/mol. The summed E-state index contributed by atoms with van der Waals surface area (Å²) in [6.45, 7) is 1.43. The minimum atomic E-state index is -0.274. The van der Waals surface area contributed by atoms with Gasteiger partial charge >= 0.3 is 0 Å². The van der Waals surface area contributed by atoms with Gasteiger partial charge in [0.15, 0.2) is 5.82 Å². The summed E-state index contributed by atoms with van der Waals surface area (Å²) in [6, 6.07) is 12.7. The Morgan fingerprint density at radius 1 is 1.10 bits per heavy atom. The van der Waals surface area contributed by atoms with Crippen molar-refractivity contribution in [1.82, 2.24) is 20.0 Å². The van der Waals surface area contributed by atoms with Crippen LogP contribution in [0.25, 0.3) is 10.8 Å². The SMILES string of the molecule is COc1ccc(C(=O)Nc2ccn(CC(=O)NCCN(C)C)n2)c2ccccc12. The van der Waals surface area contributed by atoms with Crippen LogP contribution in [0, 0.1) is 0 Å². The van der Waals surface area contributed by atoms with Gasteiger partial charge < -0.3 is 20.3 Å². The first-order valence-corrected chi connectivity index (χ1v) is 9.30. The molecular weight excluding hydrogens is 370 g/mol. The molecule has 8 nitrogen and oxygen atoms in total. The van der Waals surface area contributed by atoms with Gasteiger partial charge in [0.2, 0.25) is 5.91 Å². The number of ether oxygens (including phenoxy) is 1. The molecular formula is C21H25N5O3. The third-order valence-electron chi connectivity index (χ3n) is 4.42. The zero-order valence-electron chi connectivity index (χ0n) is 16.8. The van der Waals surface area contributed by atoms with Gasteiger partial charge in [-0.05, 0) is 31.6 Å². The third kappa shape index (κ3) is 5.11. The number of hydrogen-bond acceptors (Lipinski definition) is 5. The Morgan fingerprint density at radius 3 is 2.59 bits per heavy atom. The van der Waals surface area contributed by atoms with Crippen molar-refractivity contribution in [2.24, 2.45) is 0 Å². The van der Waals surface area contributed by atoms with Gasteiger partial charge in [0.05, 0.1) is 7.11 Å². The number of anilines is 1. The first kappa shape index (κ1) is 20.3. The summed E-state index contributed by atoms with van der Waals surface area (Å²) >= 11 is 0. The number of methoxy groups -OCH3 is 1. The van der Waals surface area contributed by atoms with E-state index < -0.39 is 0 Å². The molecule has 1 aromatic heterocycles. The van der Waals surface area contributed by atoms with Crippen molar-refractivity contribution in [3.05, 3.63) is 54.2 Å². The maximum atomic E-state index is 12.8. The monoisotopic (exact) mass is 395 g/mol. The highest BCUT2D eigenvalue weighted by molar-refractivity contribution is 6.13. The zero-order chi connectivity index (χ0) is 20.8. The lowest BCUT2D eigenvalue weighted by atomic mass is 10.0. The summed E-state index contributed by atoms with van der Waals surface area (Å²) in [5.74, 6) is 0.691. The molecule has 2 N–H and O–H groups in total. The van der Waals surface area contributed by atoms with E-state index in [1.807, 2.05) is 43.3 Å². The van der Waals surface area contributed by atoms with Gasteiger partial charge in [-0.15, -0.1) is 0 Å². The molecule has 3 aromatic rings. The molecule has 1 heterocycles. The molecule has 0 saturated carbocycles. The summed E-state index contributed by atoms with van der Waals surface area (Å²) in [5, 5.41) is 11.5. The fraction of sp³-hybridized carbons (Fsp3) is 0.286. The Morgan fingerprint density at radius 2 is 1.86 bits per heavy atom. The highest BCUT2D eigenvalue weighted by atomic mass is 16.5. The predicted octanol–water partition coefficient (Wildman–Crippen LogP) is 1.97. The number of amides is 2. The first-order chi connectivity index (χ1) is 14.0. The molecule has 0 spiro atoms. The van der Waals surface area contributed by atoms with Crippen LogP contribution >= 0.6 is 0 Å². The van der Waals surface area contributed by atoms with Crippen LogP contribution in [-0.2, 0) is 11.3 Å². The standard InChI is InChI=1S/C21H25N5O3/c1-25(2)13-11-22-20(27)14-26-12-10-19(24-26)23-21(28)17-8-9-18(29-3)16-7-5-4-6-15(16)17/h4-10,12H,11,13-14H2,1-3H3,(H,22,27)(H,23,24,28). The number of carbonyl (C=O) groups excluding carboxylic acids is 2. The van der Waals surface area contributed by atoms with Gasteiger partial charge in [0.25, 0.3) is 5.91 Å². The second kappa shape index (κ2) is 9.20. The van der Waals surface area contributed by atoms with E-state index in [4.69, 9.17) is 4.74 Å². The van der Waals surface area contributed by atoms with Crippen LogP contribution in [0.2, 0.25) is 0 Å². The molecule has 0 fully saturated rings. The Bertz CT molecular complexity index is 1010. The van der Waals surface area contributed by atoms with Crippen LogP contribution in [0.15, 0.2) is 48.7 Å². The van der Waals surface area contributed by atoms with E-state index in [-0.39, 0.29) is 18.4 Å². The Kier molecular flexibility index (Phi) is 6.46. The van der Waals surface area contributed by atoms with Gasteiger partial charge in [0.1, 0.15) is 12.3 Å². The molecule has 0 bridgehead atoms. The number of nitrogens with one attached hydrogen (secondary N) is 2. The van der Waals surface area contributed by atoms with Crippen molar-refractivity contribution >= 4 is 28.4 Å². The Hall–Kier alpha value is -3.39. The average Bonchev–Trinajstić information content (AvgIpc) is 3.13. The minimum Gasteiger partial charge on any atom is -0.496 e. The quantitative estimate of drug-likeness (QED) is 0.609. The van der Waals surface area contributed by atoms with Crippen molar-refractivity contribution in [3.8, 4) is 5.75 Å². The van der Waals surface area contributed by atoms with Gasteiger partial charge in [0, 0.05) is 36.3 Å². The maximum Gasteiger partial charge on any atom is 0.257 e. The number of rotatable bonds is 8. The molecule has 0 aliphatic heterocycles. The number of aromatic nitrogens is 2. The van der Waals surface area contributed by atoms with Crippen LogP contribution < -0.4 is 15.4 Å². The minimum absolute atomic E-state index is 0.0920. The van der Waals surface area contributed by atoms with Crippen LogP contribution in [0.4, 0.5) is 5.82 Å². The second-order valence-electron chi connectivity index (χ2n) is 6.87. The van der Waals surface area contributed by atoms with Crippen molar-refractivity contribution < 1.29 is 14.3 Å². The number of likely N-dealkylation sites (N-methyl/N-ethyl adjacent to an activating group) is 1. The number of nitrogens with zero attached hydrogens (tertiary/aromatic N) is 3. The molecule has 0 atom stereocenters. The van der Waals surface area contributed by atoms with E-state index in [1.165, 1.54) is 4.68 Å². The molecule has 0 radical (unpaired) electrons. The lowest BCUT2D eigenvalue weighted by Crippen LogP contribution is -2.33. The van der Waals surface area contributed by atoms with Crippen molar-refractivity contribution in [3.63, 3.8) is 0 Å². The Labute approximate surface area is 169 Å². The summed E-state index contributed by atoms with van der Waals surface area (Å²) in [6.07, 6.45) is 1.66. The maximum absolute atomic E-state index is 12.8. The van der Waals surface area contributed by atoms with Crippen LogP contribution in [-0.4, -0.2) is 60.8 Å². The van der Waals surface area contributed by atoms with Crippen molar-refractivity contribution in [2.75, 3.05) is 39.6 Å². The van der Waals surface area contributed by atoms with Gasteiger partial charge in [-0.25, -0.2) is 0 Å². The highest BCUT2D eigenvalue weighted by Crippen LogP contribution is 2.28. The summed E-state index contributed by atoms with van der Waals surface area (Å²) in [4.78, 5) is 26.7. The lowest BCUT2D eigenvalue weighted by Gasteiger charge is -2.10. The van der Waals surface area contributed by atoms with Crippen LogP contribution in [0.1, 0.15) is 10.4 Å². The molecule has 0 aliphatic carbocycles. The number of fused-ring (bicyclic) bond motifs is 1. The van der Waals surface area contributed by atoms with Crippen molar-refractivity contribution in [1.29, 1.82) is 0 Å². The molecule has 152 valence electrons. The second-order valence-corrected chi connectivity index (χ2v) is 6.87. The number of hydrogen-bond donors (Lipinski definition) is 2. The molecule has 3 rings (SSSR count). The molecule has 0 aliphatic rings. The summed E-state index contributed by atoms with van der Waals surface area (Å²) in [7, 11) is 5.49. The number of benzene rings is 2. The molecule has 0 unspecified atom stereocenters. The largest absolute Gasteiger partial charge is 0.496 e. The van der Waals surface area contributed by atoms with E-state index in [9.17, 15) is 9.59 Å². The first-order valence-electron chi connectivity index (χ1n) is 9.30. The third-order valence-corrected chi connectivity index (χ3v) is 4.42. The summed E-state index contributed by atoms with van der Waals surface area (Å²) < 4.78 is 6.87. The topological polar surface area (TPSA) is 88.5 Å². The van der Waals surface area contributed by atoms with Gasteiger partial charge in [-0.3, -0.25) is 14.3 Å². The molecule has 2 amide bonds. The molecule has 2 aromatic carbocycles. The van der Waals surface area contributed by atoms with Crippen LogP contribution in [0.5, 0.6) is 5.75 Å². The molecule has 8 heteroatoms. The fourth-order valence-corrected chi connectivity index (χ4v) is 2.97. The Balaban J connectivity index is 1.67. The summed E-state index contributed by atoms with van der Waals surface area (Å²) in [5.41, 5.74) is 0.525. The lowest BCUT2D eigenvalue weighted by molar-refractivity contribution is -0.121. The fourth-order valence-electron chi connectivity index (χ4n) is 2.97. The zero-order valence-corrected chi connectivity index (χ0v) is 16.8. The van der Waals surface area contributed by atoms with E-state index in [1.54, 1.807) is 31.5 Å². The van der Waals surface area contributed by atoms with Gasteiger partial charge in [-0.1, -0.05) is 24.3 Å².